The van der Waals surface area contributed by atoms with Gasteiger partial charge in [0.05, 0.1) is 5.51 Å². The van der Waals surface area contributed by atoms with Crippen LogP contribution < -0.4 is 0 Å². The number of amides is 1. The number of rotatable bonds is 1. The van der Waals surface area contributed by atoms with Gasteiger partial charge in [0.15, 0.2) is 0 Å². The van der Waals surface area contributed by atoms with Crippen molar-refractivity contribution < 1.29 is 4.79 Å². The first-order valence-electron chi connectivity index (χ1n) is 5.85. The van der Waals surface area contributed by atoms with E-state index in [1.165, 1.54) is 16.9 Å². The van der Waals surface area contributed by atoms with E-state index in [1.54, 1.807) is 5.51 Å². The van der Waals surface area contributed by atoms with Gasteiger partial charge in [-0.1, -0.05) is 32.4 Å². The van der Waals surface area contributed by atoms with Gasteiger partial charge in [-0.2, -0.15) is 0 Å². The van der Waals surface area contributed by atoms with Crippen LogP contribution in [-0.4, -0.2) is 28.9 Å². The first kappa shape index (κ1) is 12.3. The van der Waals surface area contributed by atoms with Crippen molar-refractivity contribution in [2.24, 2.45) is 5.41 Å². The van der Waals surface area contributed by atoms with E-state index in [2.05, 4.69) is 31.8 Å². The molecule has 0 bridgehead atoms. The second kappa shape index (κ2) is 4.61. The normalized spacial score (nSPS) is 16.9. The molecule has 92 valence electrons. The molecule has 0 spiro atoms. The molecule has 0 N–H and O–H groups in total. The molecule has 0 saturated carbocycles. The Bertz CT molecular complexity index is 429. The molecule has 0 saturated heterocycles. The third kappa shape index (κ3) is 2.75. The van der Waals surface area contributed by atoms with Crippen molar-refractivity contribution in [3.05, 3.63) is 28.2 Å². The number of hydrogen-bond donors (Lipinski definition) is 0. The molecule has 0 aromatic carbocycles. The van der Waals surface area contributed by atoms with Crippen LogP contribution in [0.15, 0.2) is 22.5 Å². The highest BCUT2D eigenvalue weighted by Crippen LogP contribution is 2.30. The minimum Gasteiger partial charge on any atom is -0.333 e. The predicted octanol–water partition coefficient (Wildman–Crippen LogP) is 2.96. The zero-order valence-corrected chi connectivity index (χ0v) is 11.4. The molecule has 17 heavy (non-hydrogen) atoms. The fourth-order valence-electron chi connectivity index (χ4n) is 2.01. The number of carbonyl (C=O) groups is 1. The first-order chi connectivity index (χ1) is 7.98. The fraction of sp³-hybridized carbons (Fsp3) is 0.538. The second-order valence-corrected chi connectivity index (χ2v) is 6.07. The van der Waals surface area contributed by atoms with Crippen molar-refractivity contribution in [2.45, 2.75) is 27.2 Å². The van der Waals surface area contributed by atoms with E-state index in [4.69, 9.17) is 0 Å². The Balaban J connectivity index is 2.05. The fourth-order valence-corrected chi connectivity index (χ4v) is 2.54. The zero-order chi connectivity index (χ0) is 12.5. The highest BCUT2D eigenvalue weighted by molar-refractivity contribution is 7.07. The largest absolute Gasteiger partial charge is 0.333 e. The lowest BCUT2D eigenvalue weighted by Gasteiger charge is -2.31. The van der Waals surface area contributed by atoms with Crippen molar-refractivity contribution >= 4 is 17.2 Å². The van der Waals surface area contributed by atoms with E-state index >= 15 is 0 Å². The van der Waals surface area contributed by atoms with Gasteiger partial charge < -0.3 is 4.90 Å². The molecule has 1 amide bonds. The van der Waals surface area contributed by atoms with E-state index < -0.39 is 0 Å². The molecule has 1 aromatic rings. The van der Waals surface area contributed by atoms with Gasteiger partial charge in [0, 0.05) is 18.5 Å². The minimum absolute atomic E-state index is 0.0514. The van der Waals surface area contributed by atoms with Crippen LogP contribution >= 0.6 is 11.3 Å². The van der Waals surface area contributed by atoms with Crippen LogP contribution in [0.5, 0.6) is 0 Å². The monoisotopic (exact) mass is 250 g/mol. The lowest BCUT2D eigenvalue weighted by atomic mass is 9.83. The number of nitrogens with zero attached hydrogens (tertiary/aromatic N) is 2. The maximum Gasteiger partial charge on any atom is 0.273 e. The maximum absolute atomic E-state index is 12.1. The van der Waals surface area contributed by atoms with E-state index in [-0.39, 0.29) is 11.3 Å². The Kier molecular flexibility index (Phi) is 3.33. The molecule has 4 heteroatoms. The number of aromatic nitrogens is 1. The molecular formula is C13H18N2OS. The summed E-state index contributed by atoms with van der Waals surface area (Å²) < 4.78 is 0. The molecular weight excluding hydrogens is 232 g/mol. The topological polar surface area (TPSA) is 33.2 Å². The van der Waals surface area contributed by atoms with Crippen LogP contribution in [0.3, 0.4) is 0 Å². The van der Waals surface area contributed by atoms with Gasteiger partial charge in [-0.25, -0.2) is 4.98 Å². The second-order valence-electron chi connectivity index (χ2n) is 5.35. The summed E-state index contributed by atoms with van der Waals surface area (Å²) in [6.45, 7) is 8.17. The summed E-state index contributed by atoms with van der Waals surface area (Å²) >= 11 is 1.46. The van der Waals surface area contributed by atoms with Crippen LogP contribution in [0.2, 0.25) is 0 Å². The van der Waals surface area contributed by atoms with Gasteiger partial charge in [0.1, 0.15) is 5.69 Å². The molecule has 0 unspecified atom stereocenters. The summed E-state index contributed by atoms with van der Waals surface area (Å²) in [5, 5.41) is 1.81. The molecule has 1 aromatic heterocycles. The van der Waals surface area contributed by atoms with Gasteiger partial charge in [-0.3, -0.25) is 4.79 Å². The van der Waals surface area contributed by atoms with Crippen LogP contribution in [0, 0.1) is 5.41 Å². The Hall–Kier alpha value is -1.16. The molecule has 0 atom stereocenters. The predicted molar refractivity (Wildman–Crippen MR) is 70.2 cm³/mol. The Morgan fingerprint density at radius 1 is 1.47 bits per heavy atom. The van der Waals surface area contributed by atoms with Crippen LogP contribution in [0.25, 0.3) is 0 Å². The minimum atomic E-state index is 0.0514. The van der Waals surface area contributed by atoms with Crippen molar-refractivity contribution in [3.8, 4) is 0 Å². The quantitative estimate of drug-likeness (QED) is 0.718. The Morgan fingerprint density at radius 3 is 2.71 bits per heavy atom. The lowest BCUT2D eigenvalue weighted by Crippen LogP contribution is -2.36. The summed E-state index contributed by atoms with van der Waals surface area (Å²) in [5.41, 5.74) is 3.94. The third-order valence-electron chi connectivity index (χ3n) is 3.11. The van der Waals surface area contributed by atoms with Gasteiger partial charge in [0.2, 0.25) is 0 Å². The average Bonchev–Trinajstić information content (AvgIpc) is 2.80. The summed E-state index contributed by atoms with van der Waals surface area (Å²) in [5.74, 6) is 0.0514. The molecule has 2 heterocycles. The van der Waals surface area contributed by atoms with Crippen LogP contribution in [0.4, 0.5) is 0 Å². The highest BCUT2D eigenvalue weighted by atomic mass is 32.1. The Labute approximate surface area is 106 Å². The van der Waals surface area contributed by atoms with Gasteiger partial charge >= 0.3 is 0 Å². The lowest BCUT2D eigenvalue weighted by molar-refractivity contribution is 0.0760. The summed E-state index contributed by atoms with van der Waals surface area (Å²) in [7, 11) is 0. The van der Waals surface area contributed by atoms with Gasteiger partial charge in [-0.15, -0.1) is 11.3 Å². The highest BCUT2D eigenvalue weighted by Gasteiger charge is 2.24. The van der Waals surface area contributed by atoms with E-state index in [0.29, 0.717) is 12.2 Å². The average molecular weight is 250 g/mol. The molecule has 2 rings (SSSR count). The number of carbonyl (C=O) groups excluding carboxylic acids is 1. The van der Waals surface area contributed by atoms with E-state index in [0.717, 1.165) is 13.0 Å². The maximum atomic E-state index is 12.1. The smallest absolute Gasteiger partial charge is 0.273 e. The SMILES string of the molecule is CC(C)(C)C1=CCN(C(=O)c2cscn2)CC1. The summed E-state index contributed by atoms with van der Waals surface area (Å²) in [4.78, 5) is 18.0. The summed E-state index contributed by atoms with van der Waals surface area (Å²) in [6, 6.07) is 0. The van der Waals surface area contributed by atoms with Crippen molar-refractivity contribution in [2.75, 3.05) is 13.1 Å². The van der Waals surface area contributed by atoms with E-state index in [1.807, 2.05) is 10.3 Å². The molecule has 1 aliphatic heterocycles. The molecule has 1 aliphatic rings. The Morgan fingerprint density at radius 2 is 2.24 bits per heavy atom. The standard InChI is InChI=1S/C13H18N2OS/c1-13(2,3)10-4-6-15(7-5-10)12(16)11-8-17-9-14-11/h4,8-9H,5-7H2,1-3H3. The van der Waals surface area contributed by atoms with Crippen molar-refractivity contribution in [3.63, 3.8) is 0 Å². The molecule has 0 aliphatic carbocycles. The molecule has 3 nitrogen and oxygen atoms in total. The number of hydrogen-bond acceptors (Lipinski definition) is 3. The van der Waals surface area contributed by atoms with Crippen molar-refractivity contribution in [1.29, 1.82) is 0 Å². The third-order valence-corrected chi connectivity index (χ3v) is 3.70. The van der Waals surface area contributed by atoms with Crippen molar-refractivity contribution in [1.82, 2.24) is 9.88 Å². The summed E-state index contributed by atoms with van der Waals surface area (Å²) in [6.07, 6.45) is 3.16. The first-order valence-corrected chi connectivity index (χ1v) is 6.80. The van der Waals surface area contributed by atoms with Gasteiger partial charge in [0.25, 0.3) is 5.91 Å². The van der Waals surface area contributed by atoms with E-state index in [9.17, 15) is 4.79 Å². The number of thiazole rings is 1. The molecule has 0 fully saturated rings. The van der Waals surface area contributed by atoms with Gasteiger partial charge in [-0.05, 0) is 11.8 Å². The van der Waals surface area contributed by atoms with Crippen LogP contribution in [0.1, 0.15) is 37.7 Å². The molecule has 0 radical (unpaired) electrons. The van der Waals surface area contributed by atoms with Crippen LogP contribution in [-0.2, 0) is 0 Å². The zero-order valence-electron chi connectivity index (χ0n) is 10.6.